The third-order valence-corrected chi connectivity index (χ3v) is 5.33. The molecule has 2 heterocycles. The summed E-state index contributed by atoms with van der Waals surface area (Å²) in [5.41, 5.74) is 4.57. The predicted octanol–water partition coefficient (Wildman–Crippen LogP) is 3.24. The van der Waals surface area contributed by atoms with Gasteiger partial charge in [-0.2, -0.15) is 0 Å². The molecule has 0 spiro atoms. The molecule has 26 heavy (non-hydrogen) atoms. The van der Waals surface area contributed by atoms with Crippen molar-refractivity contribution in [2.45, 2.75) is 38.8 Å². The predicted molar refractivity (Wildman–Crippen MR) is 102 cm³/mol. The first-order valence-corrected chi connectivity index (χ1v) is 9.18. The van der Waals surface area contributed by atoms with Gasteiger partial charge in [-0.15, -0.1) is 0 Å². The number of nitrogens with zero attached hydrogens (tertiary/aromatic N) is 1. The SMILES string of the molecule is Cc1ccccc1CNC(=O)c1ccc2c(c1)NC(=O)[C@H]1CCCCN21. The first-order valence-electron chi connectivity index (χ1n) is 9.18. The Morgan fingerprint density at radius 1 is 1.23 bits per heavy atom. The molecule has 1 fully saturated rings. The van der Waals surface area contributed by atoms with Crippen molar-refractivity contribution >= 4 is 23.2 Å². The van der Waals surface area contributed by atoms with Gasteiger partial charge in [-0.25, -0.2) is 0 Å². The molecule has 2 aliphatic rings. The highest BCUT2D eigenvalue weighted by Gasteiger charge is 2.34. The van der Waals surface area contributed by atoms with Crippen molar-refractivity contribution in [3.63, 3.8) is 0 Å². The van der Waals surface area contributed by atoms with Crippen molar-refractivity contribution in [2.24, 2.45) is 0 Å². The Morgan fingerprint density at radius 3 is 2.92 bits per heavy atom. The molecule has 0 bridgehead atoms. The first-order chi connectivity index (χ1) is 12.6. The van der Waals surface area contributed by atoms with Gasteiger partial charge in [0.25, 0.3) is 5.91 Å². The minimum Gasteiger partial charge on any atom is -0.358 e. The van der Waals surface area contributed by atoms with E-state index < -0.39 is 0 Å². The molecule has 1 atom stereocenters. The number of benzene rings is 2. The lowest BCUT2D eigenvalue weighted by Crippen LogP contribution is -2.50. The van der Waals surface area contributed by atoms with Crippen molar-refractivity contribution in [1.29, 1.82) is 0 Å². The summed E-state index contributed by atoms with van der Waals surface area (Å²) in [5.74, 6) is -0.0965. The standard InChI is InChI=1S/C21H23N3O2/c1-14-6-2-3-7-16(14)13-22-20(25)15-9-10-18-17(12-15)23-21(26)19-8-4-5-11-24(18)19/h2-3,6-7,9-10,12,19H,4-5,8,11,13H2,1H3,(H,22,25)(H,23,26)/t19-/m1/s1. The minimum atomic E-state index is -0.133. The Morgan fingerprint density at radius 2 is 2.08 bits per heavy atom. The molecule has 4 rings (SSSR count). The number of anilines is 2. The van der Waals surface area contributed by atoms with Crippen LogP contribution in [-0.2, 0) is 11.3 Å². The van der Waals surface area contributed by atoms with E-state index in [2.05, 4.69) is 15.5 Å². The van der Waals surface area contributed by atoms with Crippen molar-refractivity contribution in [2.75, 3.05) is 16.8 Å². The molecule has 0 aliphatic carbocycles. The third-order valence-electron chi connectivity index (χ3n) is 5.33. The van der Waals surface area contributed by atoms with Gasteiger partial charge in [-0.05, 0) is 55.5 Å². The van der Waals surface area contributed by atoms with Crippen molar-refractivity contribution in [3.05, 3.63) is 59.2 Å². The van der Waals surface area contributed by atoms with E-state index in [-0.39, 0.29) is 17.9 Å². The topological polar surface area (TPSA) is 61.4 Å². The molecular weight excluding hydrogens is 326 g/mol. The van der Waals surface area contributed by atoms with Crippen LogP contribution in [0.4, 0.5) is 11.4 Å². The number of piperidine rings is 1. The molecule has 0 unspecified atom stereocenters. The Labute approximate surface area is 153 Å². The van der Waals surface area contributed by atoms with Crippen LogP contribution in [0.1, 0.15) is 40.7 Å². The zero-order valence-electron chi connectivity index (χ0n) is 14.9. The van der Waals surface area contributed by atoms with Gasteiger partial charge >= 0.3 is 0 Å². The zero-order valence-corrected chi connectivity index (χ0v) is 14.9. The summed E-state index contributed by atoms with van der Waals surface area (Å²) in [6.45, 7) is 3.41. The van der Waals surface area contributed by atoms with Gasteiger partial charge in [0.1, 0.15) is 6.04 Å². The average molecular weight is 349 g/mol. The molecule has 5 heteroatoms. The van der Waals surface area contributed by atoms with Gasteiger partial charge in [0.2, 0.25) is 5.91 Å². The number of carbonyl (C=O) groups is 2. The molecule has 2 aromatic rings. The number of hydrogen-bond acceptors (Lipinski definition) is 3. The van der Waals surface area contributed by atoms with Gasteiger partial charge in [0, 0.05) is 18.7 Å². The molecule has 5 nitrogen and oxygen atoms in total. The molecular formula is C21H23N3O2. The first kappa shape index (κ1) is 16.6. The number of aryl methyl sites for hydroxylation is 1. The second-order valence-corrected chi connectivity index (χ2v) is 7.04. The van der Waals surface area contributed by atoms with Gasteiger partial charge in [0.15, 0.2) is 0 Å². The van der Waals surface area contributed by atoms with Crippen molar-refractivity contribution < 1.29 is 9.59 Å². The van der Waals surface area contributed by atoms with E-state index in [0.29, 0.717) is 12.1 Å². The Balaban J connectivity index is 1.52. The van der Waals surface area contributed by atoms with Crippen LogP contribution in [0.25, 0.3) is 0 Å². The van der Waals surface area contributed by atoms with E-state index in [9.17, 15) is 9.59 Å². The van der Waals surface area contributed by atoms with Gasteiger partial charge in [-0.1, -0.05) is 24.3 Å². The number of hydrogen-bond donors (Lipinski definition) is 2. The van der Waals surface area contributed by atoms with E-state index in [0.717, 1.165) is 48.3 Å². The summed E-state index contributed by atoms with van der Waals surface area (Å²) in [6.07, 6.45) is 3.08. The Bertz CT molecular complexity index is 862. The fourth-order valence-corrected chi connectivity index (χ4v) is 3.82. The fourth-order valence-electron chi connectivity index (χ4n) is 3.82. The fraction of sp³-hybridized carbons (Fsp3) is 0.333. The van der Waals surface area contributed by atoms with E-state index in [1.807, 2.05) is 43.3 Å². The highest BCUT2D eigenvalue weighted by atomic mass is 16.2. The van der Waals surface area contributed by atoms with Crippen LogP contribution in [0.5, 0.6) is 0 Å². The van der Waals surface area contributed by atoms with Gasteiger partial charge in [-0.3, -0.25) is 9.59 Å². The van der Waals surface area contributed by atoms with E-state index in [1.165, 1.54) is 0 Å². The van der Waals surface area contributed by atoms with Gasteiger partial charge in [0.05, 0.1) is 11.4 Å². The molecule has 0 radical (unpaired) electrons. The van der Waals surface area contributed by atoms with Crippen LogP contribution in [0.3, 0.4) is 0 Å². The van der Waals surface area contributed by atoms with Crippen LogP contribution >= 0.6 is 0 Å². The van der Waals surface area contributed by atoms with E-state index in [4.69, 9.17) is 0 Å². The normalized spacial score (nSPS) is 18.6. The lowest BCUT2D eigenvalue weighted by atomic mass is 9.97. The largest absolute Gasteiger partial charge is 0.358 e. The minimum absolute atomic E-state index is 0.0367. The smallest absolute Gasteiger partial charge is 0.251 e. The average Bonchev–Trinajstić information content (AvgIpc) is 2.67. The summed E-state index contributed by atoms with van der Waals surface area (Å²) in [4.78, 5) is 27.1. The molecule has 1 saturated heterocycles. The molecule has 134 valence electrons. The number of nitrogens with one attached hydrogen (secondary N) is 2. The van der Waals surface area contributed by atoms with Crippen LogP contribution in [0.15, 0.2) is 42.5 Å². The lowest BCUT2D eigenvalue weighted by molar-refractivity contribution is -0.118. The maximum atomic E-state index is 12.5. The number of amides is 2. The quantitative estimate of drug-likeness (QED) is 0.894. The zero-order chi connectivity index (χ0) is 18.1. The molecule has 2 aromatic carbocycles. The maximum Gasteiger partial charge on any atom is 0.251 e. The second kappa shape index (κ2) is 6.83. The molecule has 2 amide bonds. The lowest BCUT2D eigenvalue weighted by Gasteiger charge is -2.41. The van der Waals surface area contributed by atoms with Crippen molar-refractivity contribution in [1.82, 2.24) is 5.32 Å². The molecule has 2 aliphatic heterocycles. The molecule has 0 aromatic heterocycles. The van der Waals surface area contributed by atoms with Crippen LogP contribution < -0.4 is 15.5 Å². The number of carbonyl (C=O) groups excluding carboxylic acids is 2. The number of fused-ring (bicyclic) bond motifs is 3. The highest BCUT2D eigenvalue weighted by molar-refractivity contribution is 6.05. The molecule has 0 saturated carbocycles. The summed E-state index contributed by atoms with van der Waals surface area (Å²) in [6, 6.07) is 13.5. The van der Waals surface area contributed by atoms with E-state index >= 15 is 0 Å². The Kier molecular flexibility index (Phi) is 4.37. The summed E-state index contributed by atoms with van der Waals surface area (Å²) in [5, 5.41) is 5.94. The molecule has 2 N–H and O–H groups in total. The monoisotopic (exact) mass is 349 g/mol. The van der Waals surface area contributed by atoms with Crippen LogP contribution in [0, 0.1) is 6.92 Å². The summed E-state index contributed by atoms with van der Waals surface area (Å²) >= 11 is 0. The maximum absolute atomic E-state index is 12.5. The van der Waals surface area contributed by atoms with Crippen LogP contribution in [0.2, 0.25) is 0 Å². The third kappa shape index (κ3) is 3.05. The van der Waals surface area contributed by atoms with Crippen LogP contribution in [-0.4, -0.2) is 24.4 Å². The second-order valence-electron chi connectivity index (χ2n) is 7.04. The van der Waals surface area contributed by atoms with Gasteiger partial charge < -0.3 is 15.5 Å². The highest BCUT2D eigenvalue weighted by Crippen LogP contribution is 2.36. The van der Waals surface area contributed by atoms with Crippen molar-refractivity contribution in [3.8, 4) is 0 Å². The number of rotatable bonds is 3. The summed E-state index contributed by atoms with van der Waals surface area (Å²) in [7, 11) is 0. The summed E-state index contributed by atoms with van der Waals surface area (Å²) < 4.78 is 0. The van der Waals surface area contributed by atoms with E-state index in [1.54, 1.807) is 6.07 Å². The Hall–Kier alpha value is -2.82.